The van der Waals surface area contributed by atoms with Gasteiger partial charge in [0.2, 0.25) is 0 Å². The van der Waals surface area contributed by atoms with Crippen LogP contribution in [0.2, 0.25) is 0 Å². The lowest BCUT2D eigenvalue weighted by Gasteiger charge is -2.11. The van der Waals surface area contributed by atoms with Crippen LogP contribution in [0, 0.1) is 0 Å². The number of nitrogens with zero attached hydrogens (tertiary/aromatic N) is 2. The number of aromatic amines is 2. The summed E-state index contributed by atoms with van der Waals surface area (Å²) < 4.78 is 0. The molecular formula is C56H46N4O4. The minimum Gasteiger partial charge on any atom is -0.507 e. The Bertz CT molecular complexity index is 2880. The minimum absolute atomic E-state index is 0.0731. The summed E-state index contributed by atoms with van der Waals surface area (Å²) in [6.07, 6.45) is 17.2. The second-order valence-corrected chi connectivity index (χ2v) is 15.9. The van der Waals surface area contributed by atoms with E-state index >= 15 is 0 Å². The van der Waals surface area contributed by atoms with Crippen LogP contribution in [0.1, 0.15) is 45.0 Å². The van der Waals surface area contributed by atoms with Gasteiger partial charge < -0.3 is 30.4 Å². The van der Waals surface area contributed by atoms with Crippen LogP contribution in [-0.4, -0.2) is 40.4 Å². The number of rotatable bonds is 12. The first kappa shape index (κ1) is 41.0. The normalized spacial score (nSPS) is 11.8. The van der Waals surface area contributed by atoms with Crippen LogP contribution in [0.3, 0.4) is 0 Å². The predicted molar refractivity (Wildman–Crippen MR) is 263 cm³/mol. The number of fused-ring (bicyclic) bond motifs is 8. The van der Waals surface area contributed by atoms with Crippen molar-refractivity contribution >= 4 is 46.4 Å². The van der Waals surface area contributed by atoms with Crippen molar-refractivity contribution in [3.63, 3.8) is 0 Å². The third kappa shape index (κ3) is 7.62. The molecule has 8 heteroatoms. The van der Waals surface area contributed by atoms with Crippen LogP contribution in [0.25, 0.3) is 90.9 Å². The Hall–Kier alpha value is -8.36. The summed E-state index contributed by atoms with van der Waals surface area (Å²) in [7, 11) is 0. The fourth-order valence-electron chi connectivity index (χ4n) is 8.67. The predicted octanol–water partition coefficient (Wildman–Crippen LogP) is 13.1. The van der Waals surface area contributed by atoms with Crippen LogP contribution in [-0.2, 0) is 25.7 Å². The van der Waals surface area contributed by atoms with E-state index in [1.54, 1.807) is 48.6 Å². The summed E-state index contributed by atoms with van der Waals surface area (Å²) in [5, 5.41) is 46.8. The second-order valence-electron chi connectivity index (χ2n) is 15.9. The van der Waals surface area contributed by atoms with Crippen molar-refractivity contribution in [2.24, 2.45) is 0 Å². The summed E-state index contributed by atoms with van der Waals surface area (Å²) in [6.45, 7) is 15.5. The number of aromatic nitrogens is 4. The summed E-state index contributed by atoms with van der Waals surface area (Å²) in [5.41, 5.74) is 13.3. The molecule has 5 heterocycles. The fourth-order valence-corrected chi connectivity index (χ4v) is 8.67. The van der Waals surface area contributed by atoms with Gasteiger partial charge in [-0.05, 0) is 121 Å². The van der Waals surface area contributed by atoms with Gasteiger partial charge in [-0.2, -0.15) is 0 Å². The van der Waals surface area contributed by atoms with Gasteiger partial charge in [-0.3, -0.25) is 0 Å². The zero-order valence-electron chi connectivity index (χ0n) is 35.2. The van der Waals surface area contributed by atoms with E-state index in [1.165, 1.54) is 0 Å². The van der Waals surface area contributed by atoms with Crippen molar-refractivity contribution in [2.45, 2.75) is 25.7 Å². The smallest absolute Gasteiger partial charge is 0.123 e. The molecule has 64 heavy (non-hydrogen) atoms. The molecule has 9 rings (SSSR count). The van der Waals surface area contributed by atoms with E-state index in [1.807, 2.05) is 97.1 Å². The molecule has 0 spiro atoms. The lowest BCUT2D eigenvalue weighted by molar-refractivity contribution is 0.476. The number of hydrogen-bond donors (Lipinski definition) is 6. The van der Waals surface area contributed by atoms with E-state index in [-0.39, 0.29) is 23.0 Å². The Morgan fingerprint density at radius 3 is 0.797 bits per heavy atom. The first-order valence-corrected chi connectivity index (χ1v) is 21.1. The number of nitrogens with one attached hydrogen (secondary N) is 2. The average molecular weight is 839 g/mol. The van der Waals surface area contributed by atoms with Crippen LogP contribution >= 0.6 is 0 Å². The fraction of sp³-hybridized carbons (Fsp3) is 0.0714. The van der Waals surface area contributed by atoms with Crippen molar-refractivity contribution in [2.75, 3.05) is 0 Å². The minimum atomic E-state index is 0.0731. The zero-order valence-corrected chi connectivity index (χ0v) is 35.2. The molecule has 0 unspecified atom stereocenters. The molecular weight excluding hydrogens is 793 g/mol. The SMILES string of the molecule is C=CCc1ccc(-c2c3nc(c(-c4ccc(CC=C)cc4O)c4ccc([nH]4)c(-c4ccc(CC=C)cc4O)c4nc(c(-c5ccc(CC=C)cc5O)c5ccc2[nH]5)C=C4)C=C3)c(O)c1. The third-order valence-corrected chi connectivity index (χ3v) is 11.6. The highest BCUT2D eigenvalue weighted by molar-refractivity contribution is 6.01. The van der Waals surface area contributed by atoms with Crippen LogP contribution < -0.4 is 0 Å². The first-order chi connectivity index (χ1) is 31.2. The number of phenols is 4. The van der Waals surface area contributed by atoms with Crippen molar-refractivity contribution < 1.29 is 20.4 Å². The van der Waals surface area contributed by atoms with E-state index < -0.39 is 0 Å². The number of benzene rings is 4. The molecule has 4 aromatic carbocycles. The third-order valence-electron chi connectivity index (χ3n) is 11.6. The molecule has 8 nitrogen and oxygen atoms in total. The maximum Gasteiger partial charge on any atom is 0.123 e. The molecule has 2 aliphatic heterocycles. The average Bonchev–Trinajstić information content (AvgIpc) is 4.12. The monoisotopic (exact) mass is 838 g/mol. The number of hydrogen-bond acceptors (Lipinski definition) is 6. The van der Waals surface area contributed by atoms with Gasteiger partial charge in [-0.25, -0.2) is 9.97 Å². The number of phenolic OH excluding ortho intramolecular Hbond substituents is 4. The van der Waals surface area contributed by atoms with E-state index in [9.17, 15) is 20.4 Å². The molecule has 3 aromatic heterocycles. The van der Waals surface area contributed by atoms with Crippen molar-refractivity contribution in [3.05, 3.63) is 193 Å². The van der Waals surface area contributed by atoms with Crippen LogP contribution in [0.4, 0.5) is 0 Å². The molecule has 0 amide bonds. The topological polar surface area (TPSA) is 138 Å². The Morgan fingerprint density at radius 1 is 0.359 bits per heavy atom. The highest BCUT2D eigenvalue weighted by atomic mass is 16.3. The Labute approximate surface area is 371 Å². The van der Waals surface area contributed by atoms with Gasteiger partial charge in [-0.1, -0.05) is 72.8 Å². The van der Waals surface area contributed by atoms with Gasteiger partial charge in [0.15, 0.2) is 0 Å². The van der Waals surface area contributed by atoms with Gasteiger partial charge >= 0.3 is 0 Å². The Balaban J connectivity index is 1.46. The van der Waals surface area contributed by atoms with Gasteiger partial charge in [0.25, 0.3) is 0 Å². The summed E-state index contributed by atoms with van der Waals surface area (Å²) in [5.74, 6) is 0.292. The number of H-pyrrole nitrogens is 2. The van der Waals surface area contributed by atoms with E-state index in [0.717, 1.165) is 22.3 Å². The molecule has 2 aliphatic rings. The molecule has 8 bridgehead atoms. The highest BCUT2D eigenvalue weighted by Crippen LogP contribution is 2.44. The van der Waals surface area contributed by atoms with Gasteiger partial charge in [0, 0.05) is 66.6 Å². The largest absolute Gasteiger partial charge is 0.507 e. The Morgan fingerprint density at radius 2 is 0.594 bits per heavy atom. The summed E-state index contributed by atoms with van der Waals surface area (Å²) >= 11 is 0. The molecule has 0 fully saturated rings. The number of aromatic hydroxyl groups is 4. The standard InChI is InChI=1S/C56H46N4O4/c1-5-9-33-13-17-37(49(61)29-33)53-41-21-23-43(57-41)54(38-18-14-34(10-6-2)30-50(38)62)45-25-27-47(59-45)56(40-20-16-36(12-8-4)32-52(40)64)48-28-26-46(60-48)55(44-24-22-42(53)58-44)39-19-15-35(11-7-3)31-51(39)63/h5-8,13-32,57,60-64H,1-4,9-12H2. The van der Waals surface area contributed by atoms with E-state index in [0.29, 0.717) is 115 Å². The quantitative estimate of drug-likeness (QED) is 0.0678. The van der Waals surface area contributed by atoms with E-state index in [4.69, 9.17) is 9.97 Å². The first-order valence-electron chi connectivity index (χ1n) is 21.1. The zero-order chi connectivity index (χ0) is 44.5. The highest BCUT2D eigenvalue weighted by Gasteiger charge is 2.23. The molecule has 0 radical (unpaired) electrons. The molecule has 0 saturated carbocycles. The molecule has 0 atom stereocenters. The summed E-state index contributed by atoms with van der Waals surface area (Å²) in [6, 6.07) is 30.1. The number of allylic oxidation sites excluding steroid dienone is 4. The molecule has 6 N–H and O–H groups in total. The molecule has 0 saturated heterocycles. The van der Waals surface area contributed by atoms with Crippen LogP contribution in [0.5, 0.6) is 23.0 Å². The maximum absolute atomic E-state index is 11.7. The van der Waals surface area contributed by atoms with Crippen LogP contribution in [0.15, 0.2) is 148 Å². The molecule has 314 valence electrons. The van der Waals surface area contributed by atoms with Crippen molar-refractivity contribution in [3.8, 4) is 67.5 Å². The summed E-state index contributed by atoms with van der Waals surface area (Å²) in [4.78, 5) is 17.8. The van der Waals surface area contributed by atoms with Crippen molar-refractivity contribution in [1.82, 2.24) is 19.9 Å². The van der Waals surface area contributed by atoms with Gasteiger partial charge in [0.05, 0.1) is 22.8 Å². The maximum atomic E-state index is 11.7. The lowest BCUT2D eigenvalue weighted by Crippen LogP contribution is -1.92. The second kappa shape index (κ2) is 17.2. The van der Waals surface area contributed by atoms with E-state index in [2.05, 4.69) is 36.3 Å². The van der Waals surface area contributed by atoms with Gasteiger partial charge in [0.1, 0.15) is 23.0 Å². The molecule has 0 aliphatic carbocycles. The van der Waals surface area contributed by atoms with Crippen molar-refractivity contribution in [1.29, 1.82) is 0 Å². The van der Waals surface area contributed by atoms with Gasteiger partial charge in [-0.15, -0.1) is 26.3 Å². The lowest BCUT2D eigenvalue weighted by atomic mass is 9.99. The Kier molecular flexibility index (Phi) is 11.0. The molecule has 7 aromatic rings.